The lowest BCUT2D eigenvalue weighted by Gasteiger charge is -2.16. The van der Waals surface area contributed by atoms with Gasteiger partial charge >= 0.3 is 5.97 Å². The van der Waals surface area contributed by atoms with Gasteiger partial charge < -0.3 is 9.67 Å². The van der Waals surface area contributed by atoms with Crippen LogP contribution in [0.25, 0.3) is 10.9 Å². The van der Waals surface area contributed by atoms with Gasteiger partial charge in [0.25, 0.3) is 5.69 Å². The summed E-state index contributed by atoms with van der Waals surface area (Å²) >= 11 is 5.84. The summed E-state index contributed by atoms with van der Waals surface area (Å²) < 4.78 is 1.51. The number of hydrogen-bond donors (Lipinski definition) is 1. The fourth-order valence-electron chi connectivity index (χ4n) is 2.62. The van der Waals surface area contributed by atoms with Gasteiger partial charge in [0.2, 0.25) is 0 Å². The van der Waals surface area contributed by atoms with E-state index in [9.17, 15) is 20.0 Å². The van der Waals surface area contributed by atoms with E-state index in [2.05, 4.69) is 0 Å². The van der Waals surface area contributed by atoms with Crippen LogP contribution in [0.3, 0.4) is 0 Å². The van der Waals surface area contributed by atoms with Gasteiger partial charge in [-0.15, -0.1) is 0 Å². The van der Waals surface area contributed by atoms with E-state index in [4.69, 9.17) is 11.6 Å². The summed E-state index contributed by atoms with van der Waals surface area (Å²) in [5.74, 6) is -1.06. The number of aromatic nitrogens is 1. The normalized spacial score (nSPS) is 12.2. The molecule has 6 nitrogen and oxygen atoms in total. The van der Waals surface area contributed by atoms with Crippen LogP contribution in [-0.2, 0) is 4.79 Å². The van der Waals surface area contributed by atoms with Crippen molar-refractivity contribution < 1.29 is 14.8 Å². The van der Waals surface area contributed by atoms with Crippen LogP contribution in [0.15, 0.2) is 54.7 Å². The van der Waals surface area contributed by atoms with Crippen molar-refractivity contribution in [3.8, 4) is 0 Å². The highest BCUT2D eigenvalue weighted by Gasteiger charge is 2.25. The molecule has 0 aliphatic rings. The molecule has 1 aromatic heterocycles. The summed E-state index contributed by atoms with van der Waals surface area (Å²) in [6.07, 6.45) is 1.55. The van der Waals surface area contributed by atoms with Crippen molar-refractivity contribution in [2.24, 2.45) is 0 Å². The first-order valence-corrected chi connectivity index (χ1v) is 7.09. The molecule has 0 spiro atoms. The molecule has 0 fully saturated rings. The first-order chi connectivity index (χ1) is 11.0. The van der Waals surface area contributed by atoms with Gasteiger partial charge in [0, 0.05) is 17.3 Å². The van der Waals surface area contributed by atoms with Gasteiger partial charge in [-0.05, 0) is 29.8 Å². The zero-order chi connectivity index (χ0) is 16.6. The predicted octanol–water partition coefficient (Wildman–Crippen LogP) is 3.88. The highest BCUT2D eigenvalue weighted by Crippen LogP contribution is 2.31. The average molecular weight is 331 g/mol. The highest BCUT2D eigenvalue weighted by atomic mass is 35.5. The molecule has 1 heterocycles. The number of fused-ring (bicyclic) bond motifs is 1. The summed E-state index contributed by atoms with van der Waals surface area (Å²) in [5, 5.41) is 21.6. The van der Waals surface area contributed by atoms with Gasteiger partial charge in [0.15, 0.2) is 6.04 Å². The first kappa shape index (κ1) is 15.1. The lowest BCUT2D eigenvalue weighted by molar-refractivity contribution is -0.383. The number of carbonyl (C=O) groups is 1. The van der Waals surface area contributed by atoms with Crippen molar-refractivity contribution in [2.45, 2.75) is 6.04 Å². The zero-order valence-corrected chi connectivity index (χ0v) is 12.5. The molecule has 116 valence electrons. The van der Waals surface area contributed by atoms with Gasteiger partial charge in [-0.25, -0.2) is 4.79 Å². The molecule has 1 unspecified atom stereocenters. The molecule has 3 aromatic rings. The second kappa shape index (κ2) is 5.73. The number of nitro benzene ring substituents is 1. The molecular weight excluding hydrogens is 320 g/mol. The molecule has 0 radical (unpaired) electrons. The second-order valence-electron chi connectivity index (χ2n) is 4.98. The minimum Gasteiger partial charge on any atom is -0.479 e. The molecule has 0 saturated carbocycles. The molecule has 23 heavy (non-hydrogen) atoms. The standard InChI is InChI=1S/C16H11ClN2O4/c17-11-6-4-10(5-7-11)15(16(20)21)18-9-8-12-13(18)2-1-3-14(12)19(22)23/h1-9,15H,(H,20,21). The van der Waals surface area contributed by atoms with E-state index in [-0.39, 0.29) is 5.69 Å². The van der Waals surface area contributed by atoms with E-state index in [1.54, 1.807) is 42.6 Å². The van der Waals surface area contributed by atoms with Crippen molar-refractivity contribution in [3.05, 3.63) is 75.4 Å². The SMILES string of the molecule is O=C(O)C(c1ccc(Cl)cc1)n1ccc2c([N+](=O)[O-])cccc21. The Morgan fingerprint density at radius 3 is 2.48 bits per heavy atom. The molecule has 1 atom stereocenters. The Morgan fingerprint density at radius 2 is 1.87 bits per heavy atom. The maximum absolute atomic E-state index is 11.8. The smallest absolute Gasteiger partial charge is 0.331 e. The highest BCUT2D eigenvalue weighted by molar-refractivity contribution is 6.30. The molecule has 0 aliphatic carbocycles. The Balaban J connectivity index is 2.20. The number of benzene rings is 2. The molecule has 0 amide bonds. The van der Waals surface area contributed by atoms with Crippen molar-refractivity contribution in [2.75, 3.05) is 0 Å². The Bertz CT molecular complexity index is 902. The van der Waals surface area contributed by atoms with Crippen LogP contribution in [0.4, 0.5) is 5.69 Å². The number of hydrogen-bond acceptors (Lipinski definition) is 3. The monoisotopic (exact) mass is 330 g/mol. The quantitative estimate of drug-likeness (QED) is 0.581. The number of aliphatic carboxylic acids is 1. The number of rotatable bonds is 4. The molecule has 3 rings (SSSR count). The second-order valence-corrected chi connectivity index (χ2v) is 5.42. The van der Waals surface area contributed by atoms with Gasteiger partial charge in [-0.1, -0.05) is 29.8 Å². The van der Waals surface area contributed by atoms with Gasteiger partial charge in [-0.2, -0.15) is 0 Å². The number of non-ortho nitro benzene ring substituents is 1. The minimum atomic E-state index is -1.06. The summed E-state index contributed by atoms with van der Waals surface area (Å²) in [5.41, 5.74) is 0.967. The average Bonchev–Trinajstić information content (AvgIpc) is 2.93. The summed E-state index contributed by atoms with van der Waals surface area (Å²) in [6, 6.07) is 11.6. The van der Waals surface area contributed by atoms with Crippen molar-refractivity contribution in [3.63, 3.8) is 0 Å². The Hall–Kier alpha value is -2.86. The van der Waals surface area contributed by atoms with Gasteiger partial charge in [0.05, 0.1) is 15.8 Å². The minimum absolute atomic E-state index is 0.0542. The van der Waals surface area contributed by atoms with Crippen LogP contribution in [0.5, 0.6) is 0 Å². The Labute approximate surface area is 135 Å². The third kappa shape index (κ3) is 2.64. The van der Waals surface area contributed by atoms with E-state index < -0.39 is 16.9 Å². The van der Waals surface area contributed by atoms with Crippen molar-refractivity contribution in [1.29, 1.82) is 0 Å². The zero-order valence-electron chi connectivity index (χ0n) is 11.7. The predicted molar refractivity (Wildman–Crippen MR) is 85.8 cm³/mol. The lowest BCUT2D eigenvalue weighted by Crippen LogP contribution is -2.19. The molecule has 0 aliphatic heterocycles. The number of nitrogens with zero attached hydrogens (tertiary/aromatic N) is 2. The van der Waals surface area contributed by atoms with E-state index in [1.807, 2.05) is 0 Å². The molecule has 0 saturated heterocycles. The van der Waals surface area contributed by atoms with E-state index in [0.29, 0.717) is 21.5 Å². The van der Waals surface area contributed by atoms with Crippen molar-refractivity contribution >= 4 is 34.2 Å². The number of carboxylic acid groups (broad SMARTS) is 1. The maximum Gasteiger partial charge on any atom is 0.331 e. The number of carboxylic acids is 1. The first-order valence-electron chi connectivity index (χ1n) is 6.71. The van der Waals surface area contributed by atoms with Crippen LogP contribution in [0, 0.1) is 10.1 Å². The Kier molecular flexibility index (Phi) is 3.75. The molecule has 1 N–H and O–H groups in total. The summed E-state index contributed by atoms with van der Waals surface area (Å²) in [7, 11) is 0. The third-order valence-electron chi connectivity index (χ3n) is 3.63. The van der Waals surface area contributed by atoms with Crippen LogP contribution < -0.4 is 0 Å². The van der Waals surface area contributed by atoms with Crippen LogP contribution in [-0.4, -0.2) is 20.6 Å². The molecule has 0 bridgehead atoms. The van der Waals surface area contributed by atoms with E-state index in [0.717, 1.165) is 0 Å². The fourth-order valence-corrected chi connectivity index (χ4v) is 2.75. The summed E-state index contributed by atoms with van der Waals surface area (Å²) in [6.45, 7) is 0. The molecular formula is C16H11ClN2O4. The van der Waals surface area contributed by atoms with Crippen LogP contribution in [0.1, 0.15) is 11.6 Å². The van der Waals surface area contributed by atoms with E-state index >= 15 is 0 Å². The summed E-state index contributed by atoms with van der Waals surface area (Å²) in [4.78, 5) is 22.4. The molecule has 2 aromatic carbocycles. The largest absolute Gasteiger partial charge is 0.479 e. The van der Waals surface area contributed by atoms with Gasteiger partial charge in [-0.3, -0.25) is 10.1 Å². The van der Waals surface area contributed by atoms with Crippen LogP contribution >= 0.6 is 11.6 Å². The fraction of sp³-hybridized carbons (Fsp3) is 0.0625. The third-order valence-corrected chi connectivity index (χ3v) is 3.89. The Morgan fingerprint density at radius 1 is 1.17 bits per heavy atom. The van der Waals surface area contributed by atoms with Crippen molar-refractivity contribution in [1.82, 2.24) is 4.57 Å². The maximum atomic E-state index is 11.8. The number of halogens is 1. The lowest BCUT2D eigenvalue weighted by atomic mass is 10.1. The topological polar surface area (TPSA) is 85.4 Å². The van der Waals surface area contributed by atoms with E-state index in [1.165, 1.54) is 16.7 Å². The molecule has 7 heteroatoms. The number of nitro groups is 1. The van der Waals surface area contributed by atoms with Gasteiger partial charge in [0.1, 0.15) is 0 Å². The van der Waals surface area contributed by atoms with Crippen LogP contribution in [0.2, 0.25) is 5.02 Å².